The van der Waals surface area contributed by atoms with Gasteiger partial charge in [-0.3, -0.25) is 0 Å². The lowest BCUT2D eigenvalue weighted by molar-refractivity contribution is 0.302. The zero-order valence-electron chi connectivity index (χ0n) is 12.8. The van der Waals surface area contributed by atoms with Crippen LogP contribution in [0.1, 0.15) is 36.6 Å². The number of fused-ring (bicyclic) bond motifs is 2. The van der Waals surface area contributed by atoms with E-state index in [0.717, 1.165) is 23.5 Å². The molecular weight excluding hydrogens is 298 g/mol. The van der Waals surface area contributed by atoms with Crippen LogP contribution in [-0.2, 0) is 0 Å². The lowest BCUT2D eigenvalue weighted by atomic mass is 9.96. The van der Waals surface area contributed by atoms with Gasteiger partial charge in [-0.05, 0) is 68.9 Å². The lowest BCUT2D eigenvalue weighted by Crippen LogP contribution is -2.46. The van der Waals surface area contributed by atoms with Gasteiger partial charge < -0.3 is 15.5 Å². The van der Waals surface area contributed by atoms with E-state index >= 15 is 0 Å². The Balaban J connectivity index is 1.48. The lowest BCUT2D eigenvalue weighted by Gasteiger charge is -2.27. The molecule has 0 amide bonds. The highest BCUT2D eigenvalue weighted by atomic mass is 32.1. The Morgan fingerprint density at radius 1 is 1.43 bits per heavy atom. The molecule has 1 heterocycles. The van der Waals surface area contributed by atoms with Gasteiger partial charge in [-0.15, -0.1) is 11.3 Å². The van der Waals surface area contributed by atoms with Crippen LogP contribution >= 0.6 is 23.6 Å². The van der Waals surface area contributed by atoms with Gasteiger partial charge >= 0.3 is 0 Å². The molecule has 0 unspecified atom stereocenters. The van der Waals surface area contributed by atoms with Crippen LogP contribution in [0.15, 0.2) is 17.5 Å². The van der Waals surface area contributed by atoms with Gasteiger partial charge in [0.25, 0.3) is 0 Å². The fourth-order valence-electron chi connectivity index (χ4n) is 3.85. The van der Waals surface area contributed by atoms with Crippen LogP contribution in [0.3, 0.4) is 0 Å². The van der Waals surface area contributed by atoms with Crippen LogP contribution in [0, 0.1) is 11.8 Å². The molecule has 1 aromatic heterocycles. The first-order valence-corrected chi connectivity index (χ1v) is 9.16. The summed E-state index contributed by atoms with van der Waals surface area (Å²) in [5.41, 5.74) is 0. The quantitative estimate of drug-likeness (QED) is 0.815. The molecule has 2 bridgehead atoms. The minimum absolute atomic E-state index is 0.379. The van der Waals surface area contributed by atoms with E-state index < -0.39 is 0 Å². The summed E-state index contributed by atoms with van der Waals surface area (Å²) < 4.78 is 0. The van der Waals surface area contributed by atoms with Crippen molar-refractivity contribution < 1.29 is 0 Å². The zero-order valence-corrected chi connectivity index (χ0v) is 14.5. The Labute approximate surface area is 137 Å². The molecule has 1 aromatic rings. The molecule has 0 saturated heterocycles. The maximum atomic E-state index is 5.50. The highest BCUT2D eigenvalue weighted by molar-refractivity contribution is 7.80. The van der Waals surface area contributed by atoms with Crippen LogP contribution in [-0.4, -0.2) is 36.7 Å². The number of thiocarbonyl (C=S) groups is 1. The van der Waals surface area contributed by atoms with Crippen molar-refractivity contribution in [3.8, 4) is 0 Å². The topological polar surface area (TPSA) is 27.3 Å². The van der Waals surface area contributed by atoms with Gasteiger partial charge in [0.05, 0.1) is 6.04 Å². The van der Waals surface area contributed by atoms with Crippen molar-refractivity contribution in [2.24, 2.45) is 11.8 Å². The first kappa shape index (κ1) is 15.3. The van der Waals surface area contributed by atoms with Gasteiger partial charge in [-0.1, -0.05) is 12.5 Å². The van der Waals surface area contributed by atoms with E-state index in [1.54, 1.807) is 0 Å². The maximum Gasteiger partial charge on any atom is 0.166 e. The molecule has 2 saturated carbocycles. The van der Waals surface area contributed by atoms with Crippen molar-refractivity contribution in [2.75, 3.05) is 20.6 Å². The maximum absolute atomic E-state index is 5.50. The Morgan fingerprint density at radius 2 is 2.29 bits per heavy atom. The van der Waals surface area contributed by atoms with Gasteiger partial charge in [0.1, 0.15) is 0 Å². The first-order chi connectivity index (χ1) is 10.1. The number of likely N-dealkylation sites (N-methyl/N-ethyl adjacent to an activating group) is 1. The normalized spacial score (nSPS) is 28.8. The van der Waals surface area contributed by atoms with E-state index in [1.165, 1.54) is 30.6 Å². The molecule has 2 aliphatic carbocycles. The third-order valence-corrected chi connectivity index (χ3v) is 6.24. The number of rotatable bonds is 5. The Bertz CT molecular complexity index is 472. The Morgan fingerprint density at radius 3 is 2.86 bits per heavy atom. The second-order valence-corrected chi connectivity index (χ2v) is 8.02. The number of hydrogen-bond donors (Lipinski definition) is 2. The van der Waals surface area contributed by atoms with Crippen molar-refractivity contribution in [1.82, 2.24) is 15.5 Å². The van der Waals surface area contributed by atoms with Crippen molar-refractivity contribution in [1.29, 1.82) is 0 Å². The summed E-state index contributed by atoms with van der Waals surface area (Å²) >= 11 is 7.31. The van der Waals surface area contributed by atoms with Crippen LogP contribution in [0.4, 0.5) is 0 Å². The van der Waals surface area contributed by atoms with Gasteiger partial charge in [-0.25, -0.2) is 0 Å². The fourth-order valence-corrected chi connectivity index (χ4v) is 5.01. The van der Waals surface area contributed by atoms with Crippen molar-refractivity contribution in [3.05, 3.63) is 22.4 Å². The highest BCUT2D eigenvalue weighted by Gasteiger charge is 2.39. The molecule has 0 aliphatic heterocycles. The molecule has 2 fully saturated rings. The van der Waals surface area contributed by atoms with E-state index in [4.69, 9.17) is 12.2 Å². The molecule has 116 valence electrons. The second kappa shape index (κ2) is 6.63. The number of hydrogen-bond acceptors (Lipinski definition) is 3. The molecule has 0 aromatic carbocycles. The van der Waals surface area contributed by atoms with Crippen molar-refractivity contribution in [3.63, 3.8) is 0 Å². The smallest absolute Gasteiger partial charge is 0.166 e. The van der Waals surface area contributed by atoms with Crippen molar-refractivity contribution >= 4 is 28.7 Å². The van der Waals surface area contributed by atoms with E-state index in [-0.39, 0.29) is 0 Å². The minimum atomic E-state index is 0.379. The van der Waals surface area contributed by atoms with E-state index in [1.807, 2.05) is 11.3 Å². The summed E-state index contributed by atoms with van der Waals surface area (Å²) in [5, 5.41) is 9.95. The minimum Gasteiger partial charge on any atom is -0.361 e. The van der Waals surface area contributed by atoms with Crippen LogP contribution < -0.4 is 10.6 Å². The summed E-state index contributed by atoms with van der Waals surface area (Å²) in [6, 6.07) is 5.30. The van der Waals surface area contributed by atoms with Crippen LogP contribution in [0.25, 0.3) is 0 Å². The summed E-state index contributed by atoms with van der Waals surface area (Å²) in [4.78, 5) is 3.63. The monoisotopic (exact) mass is 323 g/mol. The predicted octanol–water partition coefficient (Wildman–Crippen LogP) is 3.00. The molecule has 5 heteroatoms. The second-order valence-electron chi connectivity index (χ2n) is 6.63. The Hall–Kier alpha value is -0.650. The molecule has 4 atom stereocenters. The first-order valence-electron chi connectivity index (χ1n) is 7.87. The molecule has 0 spiro atoms. The van der Waals surface area contributed by atoms with Crippen molar-refractivity contribution in [2.45, 2.75) is 37.8 Å². The van der Waals surface area contributed by atoms with Crippen LogP contribution in [0.2, 0.25) is 0 Å². The highest BCUT2D eigenvalue weighted by Crippen LogP contribution is 2.44. The van der Waals surface area contributed by atoms with Gasteiger partial charge in [0.2, 0.25) is 0 Å². The summed E-state index contributed by atoms with van der Waals surface area (Å²) in [7, 11) is 4.25. The standard InChI is InChI=1S/C16H25N3S2/c1-19(2)14(15-4-3-7-21-15)10-17-16(20)18-13-9-11-5-6-12(13)8-11/h3-4,7,11-14H,5-6,8-10H2,1-2H3,(H2,17,18,20)/t11-,12-,13-,14+/m0/s1. The van der Waals surface area contributed by atoms with E-state index in [9.17, 15) is 0 Å². The summed E-state index contributed by atoms with van der Waals surface area (Å²) in [6.07, 6.45) is 5.55. The molecule has 3 rings (SSSR count). The molecule has 2 aliphatic rings. The number of nitrogens with zero attached hydrogens (tertiary/aromatic N) is 1. The van der Waals surface area contributed by atoms with E-state index in [0.29, 0.717) is 12.1 Å². The fraction of sp³-hybridized carbons (Fsp3) is 0.688. The third kappa shape index (κ3) is 3.58. The Kier molecular flexibility index (Phi) is 4.82. The zero-order chi connectivity index (χ0) is 14.8. The van der Waals surface area contributed by atoms with E-state index in [2.05, 4.69) is 47.1 Å². The number of thiophene rings is 1. The summed E-state index contributed by atoms with van der Waals surface area (Å²) in [5.74, 6) is 1.81. The summed E-state index contributed by atoms with van der Waals surface area (Å²) in [6.45, 7) is 0.861. The molecular formula is C16H25N3S2. The average Bonchev–Trinajstić information content (AvgIpc) is 3.15. The molecule has 3 nitrogen and oxygen atoms in total. The van der Waals surface area contributed by atoms with Crippen LogP contribution in [0.5, 0.6) is 0 Å². The van der Waals surface area contributed by atoms with Gasteiger partial charge in [-0.2, -0.15) is 0 Å². The number of nitrogens with one attached hydrogen (secondary N) is 2. The largest absolute Gasteiger partial charge is 0.361 e. The predicted molar refractivity (Wildman–Crippen MR) is 93.7 cm³/mol. The average molecular weight is 324 g/mol. The third-order valence-electron chi connectivity index (χ3n) is 5.01. The molecule has 2 N–H and O–H groups in total. The molecule has 0 radical (unpaired) electrons. The SMILES string of the molecule is CN(C)[C@H](CNC(=S)N[C@H]1C[C@H]2CC[C@H]1C2)c1cccs1. The van der Waals surface area contributed by atoms with Gasteiger partial charge in [0, 0.05) is 17.5 Å². The molecule has 21 heavy (non-hydrogen) atoms. The van der Waals surface area contributed by atoms with Gasteiger partial charge in [0.15, 0.2) is 5.11 Å².